The molecule has 0 saturated heterocycles. The lowest BCUT2D eigenvalue weighted by Gasteiger charge is -1.99. The molecule has 0 amide bonds. The van der Waals surface area contributed by atoms with Crippen LogP contribution in [0.25, 0.3) is 0 Å². The predicted molar refractivity (Wildman–Crippen MR) is 87.3 cm³/mol. The summed E-state index contributed by atoms with van der Waals surface area (Å²) < 4.78 is 4.91. The summed E-state index contributed by atoms with van der Waals surface area (Å²) in [6.45, 7) is 2.25. The van der Waals surface area contributed by atoms with E-state index in [0.717, 1.165) is 5.75 Å². The van der Waals surface area contributed by atoms with E-state index in [1.165, 1.54) is 37.7 Å². The molecular formula is C19H26O. The first-order valence-corrected chi connectivity index (χ1v) is 7.49. The Hall–Kier alpha value is -1.76. The Balaban J connectivity index is 0.000000217. The second kappa shape index (κ2) is 11.1. The maximum atomic E-state index is 4.91. The summed E-state index contributed by atoms with van der Waals surface area (Å²) in [6.07, 6.45) is 6.69. The van der Waals surface area contributed by atoms with E-state index < -0.39 is 0 Å². The number of aryl methyl sites for hydroxylation is 1. The van der Waals surface area contributed by atoms with Gasteiger partial charge in [-0.15, -0.1) is 0 Å². The summed E-state index contributed by atoms with van der Waals surface area (Å²) in [5, 5.41) is 0. The van der Waals surface area contributed by atoms with Crippen molar-refractivity contribution in [2.45, 2.75) is 39.0 Å². The molecule has 0 aromatic heterocycles. The highest BCUT2D eigenvalue weighted by atomic mass is 16.5. The fourth-order valence-electron chi connectivity index (χ4n) is 1.96. The topological polar surface area (TPSA) is 9.23 Å². The fraction of sp³-hybridized carbons (Fsp3) is 0.368. The van der Waals surface area contributed by atoms with Crippen LogP contribution in [-0.2, 0) is 6.42 Å². The minimum atomic E-state index is 0.910. The van der Waals surface area contributed by atoms with Crippen LogP contribution in [0.3, 0.4) is 0 Å². The fourth-order valence-corrected chi connectivity index (χ4v) is 1.96. The second-order valence-corrected chi connectivity index (χ2v) is 4.81. The minimum absolute atomic E-state index is 0.910. The van der Waals surface area contributed by atoms with Crippen molar-refractivity contribution in [2.75, 3.05) is 7.11 Å². The van der Waals surface area contributed by atoms with E-state index in [2.05, 4.69) is 37.3 Å². The Morgan fingerprint density at radius 3 is 1.85 bits per heavy atom. The molecule has 0 unspecified atom stereocenters. The van der Waals surface area contributed by atoms with Crippen molar-refractivity contribution in [3.05, 3.63) is 66.2 Å². The average Bonchev–Trinajstić information content (AvgIpc) is 2.54. The summed E-state index contributed by atoms with van der Waals surface area (Å²) in [5.74, 6) is 0.910. The van der Waals surface area contributed by atoms with Gasteiger partial charge in [0.1, 0.15) is 5.75 Å². The molecule has 20 heavy (non-hydrogen) atoms. The third kappa shape index (κ3) is 7.63. The SMILES string of the molecule is CCCCCCc1ccccc1.COc1ccccc1. The van der Waals surface area contributed by atoms with Crippen LogP contribution in [0.2, 0.25) is 0 Å². The molecule has 0 fully saturated rings. The van der Waals surface area contributed by atoms with Crippen molar-refractivity contribution in [2.24, 2.45) is 0 Å². The minimum Gasteiger partial charge on any atom is -0.497 e. The molecule has 0 saturated carbocycles. The van der Waals surface area contributed by atoms with E-state index in [9.17, 15) is 0 Å². The van der Waals surface area contributed by atoms with Crippen LogP contribution in [0.1, 0.15) is 38.2 Å². The number of para-hydroxylation sites is 1. The quantitative estimate of drug-likeness (QED) is 0.629. The first kappa shape index (κ1) is 16.3. The van der Waals surface area contributed by atoms with Gasteiger partial charge >= 0.3 is 0 Å². The summed E-state index contributed by atoms with van der Waals surface area (Å²) in [7, 11) is 1.66. The first-order valence-electron chi connectivity index (χ1n) is 7.49. The molecule has 2 rings (SSSR count). The zero-order valence-electron chi connectivity index (χ0n) is 12.7. The van der Waals surface area contributed by atoms with Crippen LogP contribution in [-0.4, -0.2) is 7.11 Å². The van der Waals surface area contributed by atoms with Crippen LogP contribution >= 0.6 is 0 Å². The molecule has 0 atom stereocenters. The van der Waals surface area contributed by atoms with Crippen molar-refractivity contribution in [3.8, 4) is 5.75 Å². The smallest absolute Gasteiger partial charge is 0.118 e. The van der Waals surface area contributed by atoms with Crippen molar-refractivity contribution >= 4 is 0 Å². The van der Waals surface area contributed by atoms with E-state index in [1.54, 1.807) is 7.11 Å². The van der Waals surface area contributed by atoms with Gasteiger partial charge in [-0.05, 0) is 30.5 Å². The maximum Gasteiger partial charge on any atom is 0.118 e. The third-order valence-corrected chi connectivity index (χ3v) is 3.14. The monoisotopic (exact) mass is 270 g/mol. The van der Waals surface area contributed by atoms with Gasteiger partial charge in [-0.3, -0.25) is 0 Å². The van der Waals surface area contributed by atoms with Gasteiger partial charge in [0.2, 0.25) is 0 Å². The molecular weight excluding hydrogens is 244 g/mol. The van der Waals surface area contributed by atoms with E-state index in [4.69, 9.17) is 4.74 Å². The lowest BCUT2D eigenvalue weighted by Crippen LogP contribution is -1.84. The number of unbranched alkanes of at least 4 members (excludes halogenated alkanes) is 3. The molecule has 0 aliphatic heterocycles. The van der Waals surface area contributed by atoms with Gasteiger partial charge in [0.25, 0.3) is 0 Å². The van der Waals surface area contributed by atoms with Gasteiger partial charge in [-0.1, -0.05) is 74.7 Å². The number of hydrogen-bond acceptors (Lipinski definition) is 1. The van der Waals surface area contributed by atoms with Gasteiger partial charge in [-0.2, -0.15) is 0 Å². The van der Waals surface area contributed by atoms with Gasteiger partial charge in [0, 0.05) is 0 Å². The van der Waals surface area contributed by atoms with Crippen molar-refractivity contribution in [3.63, 3.8) is 0 Å². The highest BCUT2D eigenvalue weighted by Gasteiger charge is 1.90. The number of methoxy groups -OCH3 is 1. The number of hydrogen-bond donors (Lipinski definition) is 0. The Kier molecular flexibility index (Phi) is 9.04. The molecule has 1 heteroatoms. The van der Waals surface area contributed by atoms with Crippen LogP contribution in [0, 0.1) is 0 Å². The molecule has 0 N–H and O–H groups in total. The highest BCUT2D eigenvalue weighted by molar-refractivity contribution is 5.20. The summed E-state index contributed by atoms with van der Waals surface area (Å²) in [4.78, 5) is 0. The summed E-state index contributed by atoms with van der Waals surface area (Å²) in [5.41, 5.74) is 1.48. The van der Waals surface area contributed by atoms with E-state index in [-0.39, 0.29) is 0 Å². The van der Waals surface area contributed by atoms with Crippen LogP contribution < -0.4 is 4.74 Å². The van der Waals surface area contributed by atoms with E-state index in [1.807, 2.05) is 30.3 Å². The lowest BCUT2D eigenvalue weighted by atomic mass is 10.1. The van der Waals surface area contributed by atoms with Crippen LogP contribution in [0.15, 0.2) is 60.7 Å². The van der Waals surface area contributed by atoms with Crippen LogP contribution in [0.4, 0.5) is 0 Å². The summed E-state index contributed by atoms with van der Waals surface area (Å²) in [6, 6.07) is 20.4. The first-order chi connectivity index (χ1) is 9.86. The van der Waals surface area contributed by atoms with Gasteiger partial charge in [0.05, 0.1) is 7.11 Å². The van der Waals surface area contributed by atoms with E-state index >= 15 is 0 Å². The normalized spacial score (nSPS) is 9.50. The largest absolute Gasteiger partial charge is 0.497 e. The summed E-state index contributed by atoms with van der Waals surface area (Å²) >= 11 is 0. The molecule has 0 spiro atoms. The van der Waals surface area contributed by atoms with Gasteiger partial charge < -0.3 is 4.74 Å². The Morgan fingerprint density at radius 1 is 0.750 bits per heavy atom. The molecule has 0 radical (unpaired) electrons. The zero-order chi connectivity index (χ0) is 14.5. The van der Waals surface area contributed by atoms with E-state index in [0.29, 0.717) is 0 Å². The second-order valence-electron chi connectivity index (χ2n) is 4.81. The number of ether oxygens (including phenoxy) is 1. The van der Waals surface area contributed by atoms with Gasteiger partial charge in [-0.25, -0.2) is 0 Å². The van der Waals surface area contributed by atoms with Crippen LogP contribution in [0.5, 0.6) is 5.75 Å². The molecule has 0 bridgehead atoms. The Labute approximate surface area is 123 Å². The van der Waals surface area contributed by atoms with Crippen molar-refractivity contribution in [1.82, 2.24) is 0 Å². The molecule has 0 heterocycles. The maximum absolute atomic E-state index is 4.91. The molecule has 0 aliphatic rings. The number of rotatable bonds is 6. The van der Waals surface area contributed by atoms with Gasteiger partial charge in [0.15, 0.2) is 0 Å². The molecule has 108 valence electrons. The zero-order valence-corrected chi connectivity index (χ0v) is 12.7. The third-order valence-electron chi connectivity index (χ3n) is 3.14. The van der Waals surface area contributed by atoms with Crippen molar-refractivity contribution in [1.29, 1.82) is 0 Å². The predicted octanol–water partition coefficient (Wildman–Crippen LogP) is 5.50. The highest BCUT2D eigenvalue weighted by Crippen LogP contribution is 2.07. The average molecular weight is 270 g/mol. The molecule has 2 aromatic carbocycles. The Bertz CT molecular complexity index is 422. The molecule has 2 aromatic rings. The molecule has 1 nitrogen and oxygen atoms in total. The van der Waals surface area contributed by atoms with Crippen molar-refractivity contribution < 1.29 is 4.74 Å². The lowest BCUT2D eigenvalue weighted by molar-refractivity contribution is 0.415. The Morgan fingerprint density at radius 2 is 1.35 bits per heavy atom. The standard InChI is InChI=1S/C12H18.C7H8O/c1-2-3-4-6-9-12-10-7-5-8-11-12;1-8-7-5-3-2-4-6-7/h5,7-8,10-11H,2-4,6,9H2,1H3;2-6H,1H3. The molecule has 0 aliphatic carbocycles. The number of benzene rings is 2.